The summed E-state index contributed by atoms with van der Waals surface area (Å²) >= 11 is 0. The Morgan fingerprint density at radius 1 is 1.42 bits per heavy atom. The van der Waals surface area contributed by atoms with Gasteiger partial charge in [-0.2, -0.15) is 0 Å². The molecule has 0 aromatic rings. The van der Waals surface area contributed by atoms with Gasteiger partial charge in [-0.1, -0.05) is 0 Å². The number of aliphatic hydroxyl groups is 1. The number of amides is 1. The number of carbonyl (C=O) groups excluding carboxylic acids is 1. The Morgan fingerprint density at radius 2 is 2.11 bits per heavy atom. The Morgan fingerprint density at radius 3 is 2.68 bits per heavy atom. The van der Waals surface area contributed by atoms with E-state index in [0.29, 0.717) is 25.4 Å². The summed E-state index contributed by atoms with van der Waals surface area (Å²) in [6.45, 7) is 2.37. The maximum Gasteiger partial charge on any atom is 0.223 e. The van der Waals surface area contributed by atoms with Crippen LogP contribution in [0.15, 0.2) is 0 Å². The number of hydrogen-bond acceptors (Lipinski definition) is 4. The second-order valence-corrected chi connectivity index (χ2v) is 6.31. The highest BCUT2D eigenvalue weighted by Gasteiger charge is 2.35. The Kier molecular flexibility index (Phi) is 4.81. The smallest absolute Gasteiger partial charge is 0.223 e. The van der Waals surface area contributed by atoms with Gasteiger partial charge in [0.15, 0.2) is 0 Å². The van der Waals surface area contributed by atoms with Crippen molar-refractivity contribution in [3.63, 3.8) is 0 Å². The monoisotopic (exact) mass is 269 g/mol. The van der Waals surface area contributed by atoms with Crippen molar-refractivity contribution in [2.24, 2.45) is 11.7 Å². The van der Waals surface area contributed by atoms with Crippen LogP contribution in [-0.4, -0.2) is 54.2 Å². The van der Waals surface area contributed by atoms with Crippen molar-refractivity contribution >= 4 is 5.91 Å². The Balaban J connectivity index is 1.78. The van der Waals surface area contributed by atoms with Crippen molar-refractivity contribution < 1.29 is 9.90 Å². The number of likely N-dealkylation sites (N-methyl/N-ethyl adjacent to an activating group) is 1. The van der Waals surface area contributed by atoms with E-state index >= 15 is 0 Å². The fraction of sp³-hybridized carbons (Fsp3) is 0.929. The van der Waals surface area contributed by atoms with Crippen molar-refractivity contribution in [2.75, 3.05) is 26.7 Å². The number of piperidine rings is 1. The molecule has 0 bridgehead atoms. The lowest BCUT2D eigenvalue weighted by atomic mass is 9.78. The summed E-state index contributed by atoms with van der Waals surface area (Å²) < 4.78 is 0. The van der Waals surface area contributed by atoms with Crippen LogP contribution in [0.5, 0.6) is 0 Å². The van der Waals surface area contributed by atoms with E-state index in [0.717, 1.165) is 38.8 Å². The van der Waals surface area contributed by atoms with Crippen LogP contribution in [0, 0.1) is 5.92 Å². The molecule has 0 aromatic carbocycles. The van der Waals surface area contributed by atoms with Crippen molar-refractivity contribution in [1.29, 1.82) is 0 Å². The van der Waals surface area contributed by atoms with E-state index in [9.17, 15) is 9.90 Å². The topological polar surface area (TPSA) is 78.6 Å². The molecule has 2 rings (SSSR count). The standard InChI is InChI=1S/C14H27N3O2/c1-17-8-2-3-12(9-17)16-13(18)11-4-6-14(19,10-15)7-5-11/h11-12,19H,2-10,15H2,1H3,(H,16,18). The van der Waals surface area contributed by atoms with E-state index in [1.165, 1.54) is 0 Å². The van der Waals surface area contributed by atoms with Crippen LogP contribution in [0.25, 0.3) is 0 Å². The molecule has 19 heavy (non-hydrogen) atoms. The molecule has 2 fully saturated rings. The van der Waals surface area contributed by atoms with Gasteiger partial charge in [0.2, 0.25) is 5.91 Å². The SMILES string of the molecule is CN1CCCC(NC(=O)C2CCC(O)(CN)CC2)C1. The van der Waals surface area contributed by atoms with Crippen molar-refractivity contribution in [2.45, 2.75) is 50.2 Å². The molecule has 5 nitrogen and oxygen atoms in total. The van der Waals surface area contributed by atoms with E-state index < -0.39 is 5.60 Å². The number of carbonyl (C=O) groups is 1. The van der Waals surface area contributed by atoms with Crippen LogP contribution in [-0.2, 0) is 4.79 Å². The lowest BCUT2D eigenvalue weighted by Crippen LogP contribution is -2.49. The van der Waals surface area contributed by atoms with Gasteiger partial charge < -0.3 is 21.1 Å². The van der Waals surface area contributed by atoms with Crippen LogP contribution in [0.2, 0.25) is 0 Å². The maximum atomic E-state index is 12.2. The molecule has 1 unspecified atom stereocenters. The molecule has 110 valence electrons. The van der Waals surface area contributed by atoms with Gasteiger partial charge in [-0.15, -0.1) is 0 Å². The molecule has 0 aromatic heterocycles. The fourth-order valence-corrected chi connectivity index (χ4v) is 3.22. The van der Waals surface area contributed by atoms with Crippen molar-refractivity contribution in [3.05, 3.63) is 0 Å². The van der Waals surface area contributed by atoms with Gasteiger partial charge in [-0.25, -0.2) is 0 Å². The predicted molar refractivity (Wildman–Crippen MR) is 74.6 cm³/mol. The second kappa shape index (κ2) is 6.20. The molecule has 0 spiro atoms. The van der Waals surface area contributed by atoms with Gasteiger partial charge in [0.25, 0.3) is 0 Å². The Hall–Kier alpha value is -0.650. The first-order valence-electron chi connectivity index (χ1n) is 7.44. The quantitative estimate of drug-likeness (QED) is 0.678. The van der Waals surface area contributed by atoms with Gasteiger partial charge in [0.05, 0.1) is 5.60 Å². The number of nitrogens with zero attached hydrogens (tertiary/aromatic N) is 1. The zero-order valence-corrected chi connectivity index (χ0v) is 11.9. The molecule has 1 amide bonds. The van der Waals surface area contributed by atoms with Gasteiger partial charge in [0.1, 0.15) is 0 Å². The molecule has 5 heteroatoms. The Labute approximate surface area is 115 Å². The summed E-state index contributed by atoms with van der Waals surface area (Å²) in [7, 11) is 2.10. The van der Waals surface area contributed by atoms with Crippen LogP contribution in [0.3, 0.4) is 0 Å². The number of likely N-dealkylation sites (tertiary alicyclic amines) is 1. The molecule has 1 aliphatic carbocycles. The number of rotatable bonds is 3. The first-order valence-corrected chi connectivity index (χ1v) is 7.44. The summed E-state index contributed by atoms with van der Waals surface area (Å²) in [5, 5.41) is 13.2. The highest BCUT2D eigenvalue weighted by Crippen LogP contribution is 2.31. The minimum absolute atomic E-state index is 0.0547. The van der Waals surface area contributed by atoms with E-state index in [4.69, 9.17) is 5.73 Å². The minimum Gasteiger partial charge on any atom is -0.389 e. The normalized spacial score (nSPS) is 37.0. The summed E-state index contributed by atoms with van der Waals surface area (Å²) in [4.78, 5) is 14.5. The zero-order valence-electron chi connectivity index (χ0n) is 11.9. The average molecular weight is 269 g/mol. The van der Waals surface area contributed by atoms with Crippen LogP contribution >= 0.6 is 0 Å². The van der Waals surface area contributed by atoms with Gasteiger partial charge in [-0.3, -0.25) is 4.79 Å². The summed E-state index contributed by atoms with van der Waals surface area (Å²) in [6, 6.07) is 0.293. The highest BCUT2D eigenvalue weighted by molar-refractivity contribution is 5.79. The Bertz CT molecular complexity index is 314. The molecule has 1 saturated carbocycles. The summed E-state index contributed by atoms with van der Waals surface area (Å²) in [5.41, 5.74) is 4.83. The third-order valence-corrected chi connectivity index (χ3v) is 4.64. The molecule has 4 N–H and O–H groups in total. The third kappa shape index (κ3) is 3.91. The van der Waals surface area contributed by atoms with Crippen molar-refractivity contribution in [3.8, 4) is 0 Å². The molecular formula is C14H27N3O2. The molecule has 2 aliphatic rings. The lowest BCUT2D eigenvalue weighted by molar-refractivity contribution is -0.128. The fourth-order valence-electron chi connectivity index (χ4n) is 3.22. The first kappa shape index (κ1) is 14.8. The summed E-state index contributed by atoms with van der Waals surface area (Å²) in [6.07, 6.45) is 5.02. The largest absolute Gasteiger partial charge is 0.389 e. The van der Waals surface area contributed by atoms with Gasteiger partial charge >= 0.3 is 0 Å². The molecule has 1 heterocycles. The number of hydrogen-bond donors (Lipinski definition) is 3. The molecule has 1 aliphatic heterocycles. The molecule has 1 saturated heterocycles. The van der Waals surface area contributed by atoms with Gasteiger partial charge in [0, 0.05) is 25.0 Å². The summed E-state index contributed by atoms with van der Waals surface area (Å²) in [5.74, 6) is 0.221. The third-order valence-electron chi connectivity index (χ3n) is 4.64. The highest BCUT2D eigenvalue weighted by atomic mass is 16.3. The minimum atomic E-state index is -0.734. The van der Waals surface area contributed by atoms with Crippen LogP contribution in [0.1, 0.15) is 38.5 Å². The van der Waals surface area contributed by atoms with Gasteiger partial charge in [-0.05, 0) is 52.1 Å². The van der Waals surface area contributed by atoms with Crippen LogP contribution in [0.4, 0.5) is 0 Å². The van der Waals surface area contributed by atoms with E-state index in [1.54, 1.807) is 0 Å². The van der Waals surface area contributed by atoms with Crippen molar-refractivity contribution in [1.82, 2.24) is 10.2 Å². The predicted octanol–water partition coefficient (Wildman–Crippen LogP) is 0.0768. The van der Waals surface area contributed by atoms with E-state index in [-0.39, 0.29) is 11.8 Å². The van der Waals surface area contributed by atoms with E-state index in [2.05, 4.69) is 17.3 Å². The molecule has 1 atom stereocenters. The second-order valence-electron chi connectivity index (χ2n) is 6.31. The lowest BCUT2D eigenvalue weighted by Gasteiger charge is -2.36. The number of nitrogens with two attached hydrogens (primary N) is 1. The van der Waals surface area contributed by atoms with E-state index in [1.807, 2.05) is 0 Å². The molecular weight excluding hydrogens is 242 g/mol. The zero-order chi connectivity index (χ0) is 13.9. The maximum absolute atomic E-state index is 12.2. The average Bonchev–Trinajstić information content (AvgIpc) is 2.39. The van der Waals surface area contributed by atoms with Crippen LogP contribution < -0.4 is 11.1 Å². The molecule has 0 radical (unpaired) electrons. The number of nitrogens with one attached hydrogen (secondary N) is 1. The first-order chi connectivity index (χ1) is 9.02.